The molecule has 0 aromatic heterocycles. The number of aliphatic carboxylic acids is 1. The van der Waals surface area contributed by atoms with Gasteiger partial charge in [0.2, 0.25) is 5.91 Å². The molecule has 2 N–H and O–H groups in total. The molecule has 16 heavy (non-hydrogen) atoms. The van der Waals surface area contributed by atoms with Gasteiger partial charge in [0.15, 0.2) is 0 Å². The van der Waals surface area contributed by atoms with Crippen molar-refractivity contribution in [3.63, 3.8) is 0 Å². The van der Waals surface area contributed by atoms with E-state index in [0.717, 1.165) is 19.4 Å². The van der Waals surface area contributed by atoms with Crippen LogP contribution in [0, 0.1) is 0 Å². The molecule has 0 aromatic rings. The molecular weight excluding hydrogens is 214 g/mol. The third-order valence-electron chi connectivity index (χ3n) is 2.31. The first-order valence-electron chi connectivity index (χ1n) is 5.31. The van der Waals surface area contributed by atoms with Gasteiger partial charge in [0, 0.05) is 6.61 Å². The molecule has 0 aromatic carbocycles. The molecule has 1 amide bonds. The lowest BCUT2D eigenvalue weighted by molar-refractivity contribution is -0.142. The first kappa shape index (κ1) is 12.9. The van der Waals surface area contributed by atoms with Crippen molar-refractivity contribution in [1.82, 2.24) is 5.32 Å². The van der Waals surface area contributed by atoms with Crippen LogP contribution in [0.3, 0.4) is 0 Å². The van der Waals surface area contributed by atoms with Crippen molar-refractivity contribution < 1.29 is 24.2 Å². The van der Waals surface area contributed by atoms with Gasteiger partial charge in [0.25, 0.3) is 0 Å². The summed E-state index contributed by atoms with van der Waals surface area (Å²) in [6.07, 6.45) is 2.05. The molecule has 1 heterocycles. The standard InChI is InChI=1S/C10H17NO5/c1-7(10(13)14)11-9(12)6-15-5-8-3-2-4-16-8/h7-8H,2-6H2,1H3,(H,11,12)(H,13,14). The first-order valence-corrected chi connectivity index (χ1v) is 5.31. The van der Waals surface area contributed by atoms with Gasteiger partial charge in [-0.1, -0.05) is 0 Å². The van der Waals surface area contributed by atoms with Gasteiger partial charge in [-0.2, -0.15) is 0 Å². The lowest BCUT2D eigenvalue weighted by Gasteiger charge is -2.11. The molecule has 0 aliphatic carbocycles. The van der Waals surface area contributed by atoms with Crippen LogP contribution < -0.4 is 5.32 Å². The molecule has 0 radical (unpaired) electrons. The summed E-state index contributed by atoms with van der Waals surface area (Å²) in [6.45, 7) is 2.41. The van der Waals surface area contributed by atoms with Gasteiger partial charge in [-0.25, -0.2) is 0 Å². The molecule has 2 unspecified atom stereocenters. The number of rotatable bonds is 6. The average molecular weight is 231 g/mol. The number of carboxylic acid groups (broad SMARTS) is 1. The number of nitrogens with one attached hydrogen (secondary N) is 1. The summed E-state index contributed by atoms with van der Waals surface area (Å²) in [5, 5.41) is 10.9. The fourth-order valence-corrected chi connectivity index (χ4v) is 1.40. The highest BCUT2D eigenvalue weighted by atomic mass is 16.5. The summed E-state index contributed by atoms with van der Waals surface area (Å²) in [4.78, 5) is 21.6. The van der Waals surface area contributed by atoms with E-state index < -0.39 is 17.9 Å². The van der Waals surface area contributed by atoms with Crippen molar-refractivity contribution in [2.75, 3.05) is 19.8 Å². The predicted octanol–water partition coefficient (Wildman–Crippen LogP) is -0.229. The second-order valence-electron chi connectivity index (χ2n) is 3.78. The third kappa shape index (κ3) is 4.59. The fourth-order valence-electron chi connectivity index (χ4n) is 1.40. The van der Waals surface area contributed by atoms with Crippen molar-refractivity contribution in [3.8, 4) is 0 Å². The van der Waals surface area contributed by atoms with Crippen LogP contribution in [0.2, 0.25) is 0 Å². The molecule has 0 saturated carbocycles. The molecule has 2 atom stereocenters. The van der Waals surface area contributed by atoms with Crippen LogP contribution in [0.5, 0.6) is 0 Å². The van der Waals surface area contributed by atoms with Gasteiger partial charge < -0.3 is 19.9 Å². The molecule has 1 aliphatic heterocycles. The Bertz CT molecular complexity index is 250. The van der Waals surface area contributed by atoms with Crippen LogP contribution >= 0.6 is 0 Å². The summed E-state index contributed by atoms with van der Waals surface area (Å²) < 4.78 is 10.4. The molecule has 0 spiro atoms. The van der Waals surface area contributed by atoms with Crippen LogP contribution in [0.15, 0.2) is 0 Å². The summed E-state index contributed by atoms with van der Waals surface area (Å²) in [6, 6.07) is -0.890. The first-order chi connectivity index (χ1) is 7.59. The van der Waals surface area contributed by atoms with Crippen molar-refractivity contribution >= 4 is 11.9 Å². The van der Waals surface area contributed by atoms with Crippen LogP contribution in [0.4, 0.5) is 0 Å². The minimum Gasteiger partial charge on any atom is -0.480 e. The van der Waals surface area contributed by atoms with Gasteiger partial charge in [0.05, 0.1) is 12.7 Å². The second kappa shape index (κ2) is 6.44. The third-order valence-corrected chi connectivity index (χ3v) is 2.31. The number of hydrogen-bond acceptors (Lipinski definition) is 4. The van der Waals surface area contributed by atoms with E-state index in [1.54, 1.807) is 0 Å². The molecule has 1 aliphatic rings. The minimum atomic E-state index is -1.06. The van der Waals surface area contributed by atoms with Gasteiger partial charge in [-0.3, -0.25) is 9.59 Å². The second-order valence-corrected chi connectivity index (χ2v) is 3.78. The SMILES string of the molecule is CC(NC(=O)COCC1CCCO1)C(=O)O. The number of carboxylic acids is 1. The Labute approximate surface area is 93.9 Å². The van der Waals surface area contributed by atoms with Crippen molar-refractivity contribution in [1.29, 1.82) is 0 Å². The zero-order chi connectivity index (χ0) is 12.0. The van der Waals surface area contributed by atoms with Gasteiger partial charge in [0.1, 0.15) is 12.6 Å². The van der Waals surface area contributed by atoms with E-state index in [1.807, 2.05) is 0 Å². The van der Waals surface area contributed by atoms with E-state index in [1.165, 1.54) is 6.92 Å². The largest absolute Gasteiger partial charge is 0.480 e. The number of ether oxygens (including phenoxy) is 2. The zero-order valence-electron chi connectivity index (χ0n) is 9.27. The highest BCUT2D eigenvalue weighted by molar-refractivity contribution is 5.83. The molecule has 1 rings (SSSR count). The van der Waals surface area contributed by atoms with Gasteiger partial charge >= 0.3 is 5.97 Å². The average Bonchev–Trinajstić information content (AvgIpc) is 2.70. The number of carbonyl (C=O) groups excluding carboxylic acids is 1. The Kier molecular flexibility index (Phi) is 5.21. The summed E-state index contributed by atoms with van der Waals surface area (Å²) in [5.74, 6) is -1.49. The highest BCUT2D eigenvalue weighted by Gasteiger charge is 2.17. The predicted molar refractivity (Wildman–Crippen MR) is 55.0 cm³/mol. The molecule has 1 fully saturated rings. The topological polar surface area (TPSA) is 84.9 Å². The Hall–Kier alpha value is -1.14. The van der Waals surface area contributed by atoms with Crippen molar-refractivity contribution in [2.45, 2.75) is 31.9 Å². The van der Waals surface area contributed by atoms with E-state index in [0.29, 0.717) is 6.61 Å². The lowest BCUT2D eigenvalue weighted by Crippen LogP contribution is -2.40. The molecule has 92 valence electrons. The van der Waals surface area contributed by atoms with Crippen LogP contribution in [0.1, 0.15) is 19.8 Å². The van der Waals surface area contributed by atoms with Crippen LogP contribution in [-0.4, -0.2) is 48.9 Å². The molecule has 1 saturated heterocycles. The van der Waals surface area contributed by atoms with Gasteiger partial charge in [-0.15, -0.1) is 0 Å². The molecule has 6 heteroatoms. The maximum absolute atomic E-state index is 11.2. The van der Waals surface area contributed by atoms with E-state index in [2.05, 4.69) is 5.32 Å². The van der Waals surface area contributed by atoms with Gasteiger partial charge in [-0.05, 0) is 19.8 Å². The van der Waals surface area contributed by atoms with E-state index in [9.17, 15) is 9.59 Å². The Morgan fingerprint density at radius 2 is 2.38 bits per heavy atom. The monoisotopic (exact) mass is 231 g/mol. The lowest BCUT2D eigenvalue weighted by atomic mass is 10.2. The Balaban J connectivity index is 2.07. The van der Waals surface area contributed by atoms with Crippen LogP contribution in [-0.2, 0) is 19.1 Å². The zero-order valence-corrected chi connectivity index (χ0v) is 9.27. The summed E-state index contributed by atoms with van der Waals surface area (Å²) in [7, 11) is 0. The minimum absolute atomic E-state index is 0.0738. The molecule has 0 bridgehead atoms. The fraction of sp³-hybridized carbons (Fsp3) is 0.800. The van der Waals surface area contributed by atoms with E-state index in [-0.39, 0.29) is 12.7 Å². The number of amides is 1. The maximum atomic E-state index is 11.2. The molecular formula is C10H17NO5. The normalized spacial score (nSPS) is 21.7. The molecule has 6 nitrogen and oxygen atoms in total. The summed E-state index contributed by atoms with van der Waals surface area (Å²) in [5.41, 5.74) is 0. The Morgan fingerprint density at radius 3 is 2.94 bits per heavy atom. The summed E-state index contributed by atoms with van der Waals surface area (Å²) >= 11 is 0. The maximum Gasteiger partial charge on any atom is 0.325 e. The highest BCUT2D eigenvalue weighted by Crippen LogP contribution is 2.11. The van der Waals surface area contributed by atoms with Crippen LogP contribution in [0.25, 0.3) is 0 Å². The number of carbonyl (C=O) groups is 2. The quantitative estimate of drug-likeness (QED) is 0.659. The van der Waals surface area contributed by atoms with E-state index in [4.69, 9.17) is 14.6 Å². The number of hydrogen-bond donors (Lipinski definition) is 2. The van der Waals surface area contributed by atoms with E-state index >= 15 is 0 Å². The Morgan fingerprint density at radius 1 is 1.62 bits per heavy atom. The van der Waals surface area contributed by atoms with Crippen molar-refractivity contribution in [3.05, 3.63) is 0 Å². The smallest absolute Gasteiger partial charge is 0.325 e. The van der Waals surface area contributed by atoms with Crippen molar-refractivity contribution in [2.24, 2.45) is 0 Å².